The molecule has 0 unspecified atom stereocenters. The molecule has 0 aromatic heterocycles. The lowest BCUT2D eigenvalue weighted by Crippen LogP contribution is -2.47. The lowest BCUT2D eigenvalue weighted by Gasteiger charge is -2.29. The van der Waals surface area contributed by atoms with E-state index in [-0.39, 0.29) is 10.6 Å². The smallest absolute Gasteiger partial charge is 0.244 e. The molecule has 3 N–H and O–H groups in total. The molecule has 1 aliphatic carbocycles. The number of benzene rings is 1. The van der Waals surface area contributed by atoms with Crippen molar-refractivity contribution in [2.75, 3.05) is 7.11 Å². The largest absolute Gasteiger partial charge is 0.495 e. The topological polar surface area (TPSA) is 98.5 Å². The average Bonchev–Trinajstić information content (AvgIpc) is 2.47. The zero-order chi connectivity index (χ0) is 16.3. The van der Waals surface area contributed by atoms with E-state index in [1.54, 1.807) is 12.1 Å². The molecule has 1 fully saturated rings. The van der Waals surface area contributed by atoms with Crippen molar-refractivity contribution < 1.29 is 17.9 Å². The first-order valence-electron chi connectivity index (χ1n) is 7.00. The van der Waals surface area contributed by atoms with Gasteiger partial charge >= 0.3 is 0 Å². The summed E-state index contributed by atoms with van der Waals surface area (Å²) in [6, 6.07) is 4.28. The molecule has 2 rings (SSSR count). The molecule has 2 atom stereocenters. The third-order valence-corrected chi connectivity index (χ3v) is 5.86. The van der Waals surface area contributed by atoms with E-state index in [1.165, 1.54) is 13.2 Å². The number of nitrogens with two attached hydrogens (primary N) is 1. The first kappa shape index (κ1) is 17.2. The molecule has 6 nitrogen and oxygen atoms in total. The lowest BCUT2D eigenvalue weighted by atomic mass is 9.85. The highest BCUT2D eigenvalue weighted by Crippen LogP contribution is 2.30. The number of halogens is 1. The molecular formula is C14H19BrN2O4S. The van der Waals surface area contributed by atoms with E-state index in [9.17, 15) is 13.2 Å². The summed E-state index contributed by atoms with van der Waals surface area (Å²) in [5, 5.41) is 0. The minimum atomic E-state index is -3.80. The van der Waals surface area contributed by atoms with E-state index in [2.05, 4.69) is 20.7 Å². The van der Waals surface area contributed by atoms with Crippen LogP contribution in [0.15, 0.2) is 27.6 Å². The third kappa shape index (κ3) is 3.80. The van der Waals surface area contributed by atoms with Crippen LogP contribution in [0, 0.1) is 5.92 Å². The number of methoxy groups -OCH3 is 1. The molecule has 0 aliphatic heterocycles. The van der Waals surface area contributed by atoms with Crippen molar-refractivity contribution in [1.29, 1.82) is 0 Å². The van der Waals surface area contributed by atoms with Gasteiger partial charge in [-0.2, -0.15) is 0 Å². The maximum Gasteiger partial charge on any atom is 0.244 e. The number of hydrogen-bond donors (Lipinski definition) is 2. The van der Waals surface area contributed by atoms with E-state index in [4.69, 9.17) is 10.5 Å². The number of carbonyl (C=O) groups excluding carboxylic acids is 1. The van der Waals surface area contributed by atoms with Crippen molar-refractivity contribution in [1.82, 2.24) is 4.72 Å². The Morgan fingerprint density at radius 1 is 1.36 bits per heavy atom. The van der Waals surface area contributed by atoms with E-state index in [1.807, 2.05) is 0 Å². The van der Waals surface area contributed by atoms with Gasteiger partial charge in [0.2, 0.25) is 15.9 Å². The van der Waals surface area contributed by atoms with Gasteiger partial charge in [0.05, 0.1) is 13.0 Å². The van der Waals surface area contributed by atoms with Crippen LogP contribution in [0.4, 0.5) is 0 Å². The van der Waals surface area contributed by atoms with Crippen LogP contribution in [0.2, 0.25) is 0 Å². The fourth-order valence-electron chi connectivity index (χ4n) is 2.74. The SMILES string of the molecule is COc1ccc(Br)cc1S(=O)(=O)N[C@H]1CCCC[C@H]1C(N)=O. The van der Waals surface area contributed by atoms with Crippen LogP contribution < -0.4 is 15.2 Å². The fraction of sp³-hybridized carbons (Fsp3) is 0.500. The summed E-state index contributed by atoms with van der Waals surface area (Å²) in [5.41, 5.74) is 5.39. The van der Waals surface area contributed by atoms with Gasteiger partial charge in [-0.05, 0) is 31.0 Å². The molecule has 1 saturated carbocycles. The summed E-state index contributed by atoms with van der Waals surface area (Å²) in [7, 11) is -2.39. The minimum Gasteiger partial charge on any atom is -0.495 e. The number of hydrogen-bond acceptors (Lipinski definition) is 4. The molecule has 8 heteroatoms. The monoisotopic (exact) mass is 390 g/mol. The number of amides is 1. The van der Waals surface area contributed by atoms with Gasteiger partial charge in [-0.1, -0.05) is 28.8 Å². The van der Waals surface area contributed by atoms with Crippen molar-refractivity contribution in [2.24, 2.45) is 11.7 Å². The molecule has 1 aromatic carbocycles. The number of carbonyl (C=O) groups is 1. The van der Waals surface area contributed by atoms with Crippen LogP contribution >= 0.6 is 15.9 Å². The van der Waals surface area contributed by atoms with Crippen LogP contribution in [0.5, 0.6) is 5.75 Å². The molecule has 1 amide bonds. The molecule has 0 bridgehead atoms. The van der Waals surface area contributed by atoms with E-state index >= 15 is 0 Å². The number of nitrogens with one attached hydrogen (secondary N) is 1. The Balaban J connectivity index is 2.31. The standard InChI is InChI=1S/C14H19BrN2O4S/c1-21-12-7-6-9(15)8-13(12)22(19,20)17-11-5-3-2-4-10(11)14(16)18/h6-8,10-11,17H,2-5H2,1H3,(H2,16,18)/t10-,11+/m1/s1. The second kappa shape index (κ2) is 6.97. The normalized spacial score (nSPS) is 22.3. The maximum atomic E-state index is 12.6. The minimum absolute atomic E-state index is 0.0400. The Kier molecular flexibility index (Phi) is 5.46. The van der Waals surface area contributed by atoms with Crippen molar-refractivity contribution in [3.63, 3.8) is 0 Å². The molecule has 0 radical (unpaired) electrons. The van der Waals surface area contributed by atoms with Crippen LogP contribution in [0.1, 0.15) is 25.7 Å². The van der Waals surface area contributed by atoms with Gasteiger partial charge in [0.1, 0.15) is 10.6 Å². The Morgan fingerprint density at radius 2 is 2.05 bits per heavy atom. The Bertz CT molecular complexity index is 663. The number of primary amides is 1. The molecule has 122 valence electrons. The van der Waals surface area contributed by atoms with Gasteiger partial charge in [-0.3, -0.25) is 4.79 Å². The zero-order valence-corrected chi connectivity index (χ0v) is 14.6. The van der Waals surface area contributed by atoms with E-state index in [0.717, 1.165) is 12.8 Å². The van der Waals surface area contributed by atoms with Gasteiger partial charge in [0.25, 0.3) is 0 Å². The summed E-state index contributed by atoms with van der Waals surface area (Å²) >= 11 is 3.26. The lowest BCUT2D eigenvalue weighted by molar-refractivity contribution is -0.123. The molecule has 0 saturated heterocycles. The van der Waals surface area contributed by atoms with Gasteiger partial charge in [0, 0.05) is 10.5 Å². The summed E-state index contributed by atoms with van der Waals surface area (Å²) in [6.07, 6.45) is 2.96. The summed E-state index contributed by atoms with van der Waals surface area (Å²) < 4.78 is 33.6. The molecule has 1 aromatic rings. The summed E-state index contributed by atoms with van der Waals surface area (Å²) in [6.45, 7) is 0. The van der Waals surface area contributed by atoms with Crippen LogP contribution in [-0.4, -0.2) is 27.5 Å². The van der Waals surface area contributed by atoms with Crippen LogP contribution in [0.3, 0.4) is 0 Å². The van der Waals surface area contributed by atoms with Gasteiger partial charge in [0.15, 0.2) is 0 Å². The molecule has 1 aliphatic rings. The van der Waals surface area contributed by atoms with Gasteiger partial charge in [-0.25, -0.2) is 13.1 Å². The first-order valence-corrected chi connectivity index (χ1v) is 9.28. The van der Waals surface area contributed by atoms with Crippen molar-refractivity contribution >= 4 is 31.9 Å². The first-order chi connectivity index (χ1) is 10.3. The fourth-order valence-corrected chi connectivity index (χ4v) is 4.75. The van der Waals surface area contributed by atoms with Crippen molar-refractivity contribution in [3.8, 4) is 5.75 Å². The average molecular weight is 391 g/mol. The quantitative estimate of drug-likeness (QED) is 0.800. The Labute approximate surface area is 138 Å². The zero-order valence-electron chi connectivity index (χ0n) is 12.2. The summed E-state index contributed by atoms with van der Waals surface area (Å²) in [5.74, 6) is -0.683. The Hall–Kier alpha value is -1.12. The number of sulfonamides is 1. The van der Waals surface area contributed by atoms with Gasteiger partial charge in [-0.15, -0.1) is 0 Å². The second-order valence-electron chi connectivity index (χ2n) is 5.32. The maximum absolute atomic E-state index is 12.6. The predicted molar refractivity (Wildman–Crippen MR) is 86.0 cm³/mol. The Morgan fingerprint density at radius 3 is 2.68 bits per heavy atom. The molecular weight excluding hydrogens is 372 g/mol. The second-order valence-corrected chi connectivity index (χ2v) is 7.91. The van der Waals surface area contributed by atoms with E-state index < -0.39 is 27.9 Å². The highest BCUT2D eigenvalue weighted by Gasteiger charge is 2.33. The van der Waals surface area contributed by atoms with Crippen LogP contribution in [0.25, 0.3) is 0 Å². The van der Waals surface area contributed by atoms with Crippen molar-refractivity contribution in [3.05, 3.63) is 22.7 Å². The predicted octanol–water partition coefficient (Wildman–Crippen LogP) is 1.78. The number of rotatable bonds is 5. The van der Waals surface area contributed by atoms with Gasteiger partial charge < -0.3 is 10.5 Å². The van der Waals surface area contributed by atoms with E-state index in [0.29, 0.717) is 17.3 Å². The highest BCUT2D eigenvalue weighted by atomic mass is 79.9. The van der Waals surface area contributed by atoms with Crippen molar-refractivity contribution in [2.45, 2.75) is 36.6 Å². The third-order valence-electron chi connectivity index (χ3n) is 3.85. The molecule has 0 heterocycles. The van der Waals surface area contributed by atoms with Crippen LogP contribution in [-0.2, 0) is 14.8 Å². The highest BCUT2D eigenvalue weighted by molar-refractivity contribution is 9.10. The number of ether oxygens (including phenoxy) is 1. The molecule has 0 spiro atoms. The molecule has 22 heavy (non-hydrogen) atoms. The summed E-state index contributed by atoms with van der Waals surface area (Å²) in [4.78, 5) is 11.6.